The molecule has 1 amide bonds. The second kappa shape index (κ2) is 10.6. The van der Waals surface area contributed by atoms with Crippen LogP contribution in [0.1, 0.15) is 69.0 Å². The molecule has 25 heavy (non-hydrogen) atoms. The predicted molar refractivity (Wildman–Crippen MR) is 103 cm³/mol. The highest BCUT2D eigenvalue weighted by molar-refractivity contribution is 5.78. The first-order chi connectivity index (χ1) is 12.1. The van der Waals surface area contributed by atoms with Crippen molar-refractivity contribution in [2.45, 2.75) is 57.9 Å². The van der Waals surface area contributed by atoms with Crippen molar-refractivity contribution < 1.29 is 9.53 Å². The fraction of sp³-hybridized carbons (Fsp3) is 0.667. The van der Waals surface area contributed by atoms with Crippen LogP contribution in [0.15, 0.2) is 24.3 Å². The molecule has 1 fully saturated rings. The Morgan fingerprint density at radius 2 is 1.84 bits per heavy atom. The summed E-state index contributed by atoms with van der Waals surface area (Å²) >= 11 is 0. The summed E-state index contributed by atoms with van der Waals surface area (Å²) in [6, 6.07) is 9.25. The molecule has 1 aromatic rings. The molecule has 1 aromatic carbocycles. The van der Waals surface area contributed by atoms with Crippen molar-refractivity contribution in [3.63, 3.8) is 0 Å². The van der Waals surface area contributed by atoms with Crippen molar-refractivity contribution in [1.29, 1.82) is 0 Å². The summed E-state index contributed by atoms with van der Waals surface area (Å²) in [7, 11) is 1.64. The van der Waals surface area contributed by atoms with Crippen LogP contribution < -0.4 is 10.6 Å². The average Bonchev–Trinajstić information content (AvgIpc) is 2.63. The Bertz CT molecular complexity index is 507. The summed E-state index contributed by atoms with van der Waals surface area (Å²) in [5.41, 5.74) is 2.74. The number of amides is 1. The molecule has 4 nitrogen and oxygen atoms in total. The topological polar surface area (TPSA) is 50.4 Å². The van der Waals surface area contributed by atoms with E-state index in [1.807, 2.05) is 0 Å². The highest BCUT2D eigenvalue weighted by Gasteiger charge is 2.19. The van der Waals surface area contributed by atoms with Gasteiger partial charge in [-0.25, -0.2) is 0 Å². The van der Waals surface area contributed by atoms with E-state index in [4.69, 9.17) is 4.74 Å². The Labute approximate surface area is 152 Å². The molecule has 2 rings (SSSR count). The molecule has 1 atom stereocenters. The molecule has 0 radical (unpaired) electrons. The van der Waals surface area contributed by atoms with Crippen LogP contribution in [0.3, 0.4) is 0 Å². The van der Waals surface area contributed by atoms with E-state index in [9.17, 15) is 4.79 Å². The van der Waals surface area contributed by atoms with Crippen LogP contribution in [0.4, 0.5) is 0 Å². The lowest BCUT2D eigenvalue weighted by Crippen LogP contribution is -2.38. The van der Waals surface area contributed by atoms with Gasteiger partial charge in [0.15, 0.2) is 0 Å². The van der Waals surface area contributed by atoms with Crippen LogP contribution in [-0.2, 0) is 9.53 Å². The number of methoxy groups -OCH3 is 1. The van der Waals surface area contributed by atoms with Gasteiger partial charge in [-0.1, -0.05) is 57.4 Å². The minimum atomic E-state index is 0.0153. The fourth-order valence-corrected chi connectivity index (χ4v) is 3.71. The second-order valence-corrected chi connectivity index (χ2v) is 7.45. The monoisotopic (exact) mass is 346 g/mol. The lowest BCUT2D eigenvalue weighted by Gasteiger charge is -2.25. The van der Waals surface area contributed by atoms with Gasteiger partial charge in [-0.15, -0.1) is 0 Å². The van der Waals surface area contributed by atoms with Crippen LogP contribution in [0, 0.1) is 5.92 Å². The molecule has 140 valence electrons. The van der Waals surface area contributed by atoms with E-state index in [2.05, 4.69) is 48.7 Å². The quantitative estimate of drug-likeness (QED) is 0.669. The summed E-state index contributed by atoms with van der Waals surface area (Å²) in [5.74, 6) is 1.17. The summed E-state index contributed by atoms with van der Waals surface area (Å²) in [6.07, 6.45) is 6.77. The van der Waals surface area contributed by atoms with Crippen molar-refractivity contribution in [2.24, 2.45) is 5.92 Å². The van der Waals surface area contributed by atoms with Crippen LogP contribution in [0.2, 0.25) is 0 Å². The molecule has 0 spiro atoms. The van der Waals surface area contributed by atoms with Gasteiger partial charge in [0.25, 0.3) is 0 Å². The number of nitrogens with one attached hydrogen (secondary N) is 2. The zero-order chi connectivity index (χ0) is 18.1. The van der Waals surface area contributed by atoms with Crippen molar-refractivity contribution >= 4 is 5.91 Å². The summed E-state index contributed by atoms with van der Waals surface area (Å²) < 4.78 is 4.95. The third-order valence-electron chi connectivity index (χ3n) is 5.15. The maximum atomic E-state index is 11.9. The highest BCUT2D eigenvalue weighted by atomic mass is 16.5. The van der Waals surface area contributed by atoms with Gasteiger partial charge in [0.2, 0.25) is 5.91 Å². The summed E-state index contributed by atoms with van der Waals surface area (Å²) in [4.78, 5) is 11.9. The first-order valence-corrected chi connectivity index (χ1v) is 9.70. The van der Waals surface area contributed by atoms with E-state index in [1.165, 1.54) is 43.2 Å². The van der Waals surface area contributed by atoms with Gasteiger partial charge in [0.1, 0.15) is 0 Å². The maximum Gasteiger partial charge on any atom is 0.234 e. The minimum Gasteiger partial charge on any atom is -0.383 e. The number of carbonyl (C=O) groups excluding carboxylic acids is 1. The first kappa shape index (κ1) is 19.9. The molecular formula is C21H34N2O2. The second-order valence-electron chi connectivity index (χ2n) is 7.45. The molecule has 1 aliphatic rings. The SMILES string of the molecule is COCCNC(=O)CN[C@H](c1ccc(C2CCCCC2)cc1)C(C)C. The number of benzene rings is 1. The van der Waals surface area contributed by atoms with Gasteiger partial charge in [0, 0.05) is 19.7 Å². The number of hydrogen-bond donors (Lipinski definition) is 2. The normalized spacial score (nSPS) is 16.8. The Morgan fingerprint density at radius 3 is 2.44 bits per heavy atom. The lowest BCUT2D eigenvalue weighted by atomic mass is 9.83. The number of rotatable bonds is 9. The van der Waals surface area contributed by atoms with Gasteiger partial charge < -0.3 is 15.4 Å². The van der Waals surface area contributed by atoms with E-state index >= 15 is 0 Å². The Kier molecular flexibility index (Phi) is 8.42. The van der Waals surface area contributed by atoms with Crippen LogP contribution in [0.25, 0.3) is 0 Å². The molecular weight excluding hydrogens is 312 g/mol. The molecule has 2 N–H and O–H groups in total. The number of carbonyl (C=O) groups is 1. The smallest absolute Gasteiger partial charge is 0.234 e. The Balaban J connectivity index is 1.91. The molecule has 0 aromatic heterocycles. The Morgan fingerprint density at radius 1 is 1.16 bits per heavy atom. The summed E-state index contributed by atoms with van der Waals surface area (Å²) in [5, 5.41) is 6.26. The molecule has 0 unspecified atom stereocenters. The molecule has 0 saturated heterocycles. The zero-order valence-electron chi connectivity index (χ0n) is 16.0. The molecule has 0 heterocycles. The number of hydrogen-bond acceptors (Lipinski definition) is 3. The summed E-state index contributed by atoms with van der Waals surface area (Å²) in [6.45, 7) is 5.81. The van der Waals surface area contributed by atoms with Gasteiger partial charge in [0.05, 0.1) is 13.2 Å². The van der Waals surface area contributed by atoms with E-state index in [1.54, 1.807) is 7.11 Å². The highest BCUT2D eigenvalue weighted by Crippen LogP contribution is 2.33. The maximum absolute atomic E-state index is 11.9. The average molecular weight is 347 g/mol. The number of ether oxygens (including phenoxy) is 1. The predicted octanol–water partition coefficient (Wildman–Crippen LogP) is 3.78. The van der Waals surface area contributed by atoms with Crippen LogP contribution in [0.5, 0.6) is 0 Å². The third kappa shape index (κ3) is 6.44. The van der Waals surface area contributed by atoms with Crippen molar-refractivity contribution in [1.82, 2.24) is 10.6 Å². The largest absolute Gasteiger partial charge is 0.383 e. The standard InChI is InChI=1S/C21H34N2O2/c1-16(2)21(23-15-20(24)22-13-14-25-3)19-11-9-18(10-12-19)17-7-5-4-6-8-17/h9-12,16-17,21,23H,4-8,13-15H2,1-3H3,(H,22,24)/t21-/m0/s1. The van der Waals surface area contributed by atoms with Crippen molar-refractivity contribution in [2.75, 3.05) is 26.8 Å². The van der Waals surface area contributed by atoms with Gasteiger partial charge in [-0.3, -0.25) is 4.79 Å². The molecule has 1 saturated carbocycles. The third-order valence-corrected chi connectivity index (χ3v) is 5.15. The van der Waals surface area contributed by atoms with Gasteiger partial charge in [-0.2, -0.15) is 0 Å². The van der Waals surface area contributed by atoms with E-state index in [0.29, 0.717) is 25.6 Å². The minimum absolute atomic E-state index is 0.0153. The molecule has 4 heteroatoms. The van der Waals surface area contributed by atoms with Crippen LogP contribution >= 0.6 is 0 Å². The van der Waals surface area contributed by atoms with E-state index in [-0.39, 0.29) is 11.9 Å². The van der Waals surface area contributed by atoms with Crippen molar-refractivity contribution in [3.8, 4) is 0 Å². The van der Waals surface area contributed by atoms with Gasteiger partial charge in [-0.05, 0) is 35.8 Å². The fourth-order valence-electron chi connectivity index (χ4n) is 3.71. The van der Waals surface area contributed by atoms with E-state index < -0.39 is 0 Å². The lowest BCUT2D eigenvalue weighted by molar-refractivity contribution is -0.120. The molecule has 0 aliphatic heterocycles. The van der Waals surface area contributed by atoms with Crippen molar-refractivity contribution in [3.05, 3.63) is 35.4 Å². The Hall–Kier alpha value is -1.39. The van der Waals surface area contributed by atoms with Gasteiger partial charge >= 0.3 is 0 Å². The first-order valence-electron chi connectivity index (χ1n) is 9.70. The zero-order valence-corrected chi connectivity index (χ0v) is 16.0. The molecule has 1 aliphatic carbocycles. The van der Waals surface area contributed by atoms with E-state index in [0.717, 1.165) is 5.92 Å². The molecule has 0 bridgehead atoms. The van der Waals surface area contributed by atoms with Crippen LogP contribution in [-0.4, -0.2) is 32.7 Å².